The van der Waals surface area contributed by atoms with E-state index in [1.54, 1.807) is 22.7 Å². The van der Waals surface area contributed by atoms with Gasteiger partial charge in [0.2, 0.25) is 0 Å². The molecular weight excluding hydrogens is 439 g/mol. The zero-order valence-electron chi connectivity index (χ0n) is 14.0. The van der Waals surface area contributed by atoms with Crippen LogP contribution in [0.2, 0.25) is 0 Å². The van der Waals surface area contributed by atoms with E-state index in [9.17, 15) is 0 Å². The summed E-state index contributed by atoms with van der Waals surface area (Å²) in [5.41, 5.74) is 2.49. The molecule has 0 atom stereocenters. The van der Waals surface area contributed by atoms with Crippen LogP contribution in [0.4, 0.5) is 0 Å². The number of rotatable bonds is 5. The molecule has 0 fully saturated rings. The lowest BCUT2D eigenvalue weighted by Crippen LogP contribution is -2.36. The van der Waals surface area contributed by atoms with Crippen LogP contribution < -0.4 is 10.6 Å². The molecule has 0 aromatic carbocycles. The van der Waals surface area contributed by atoms with E-state index in [-0.39, 0.29) is 29.4 Å². The number of aromatic nitrogens is 1. The zero-order valence-corrected chi connectivity index (χ0v) is 18.0. The predicted octanol–water partition coefficient (Wildman–Crippen LogP) is 4.38. The molecule has 0 aliphatic heterocycles. The van der Waals surface area contributed by atoms with E-state index < -0.39 is 0 Å². The van der Waals surface area contributed by atoms with Gasteiger partial charge in [0.25, 0.3) is 0 Å². The predicted molar refractivity (Wildman–Crippen MR) is 112 cm³/mol. The van der Waals surface area contributed by atoms with Crippen LogP contribution in [0.15, 0.2) is 27.2 Å². The Labute approximate surface area is 163 Å². The van der Waals surface area contributed by atoms with Gasteiger partial charge in [-0.2, -0.15) is 11.3 Å². The van der Waals surface area contributed by atoms with Gasteiger partial charge >= 0.3 is 0 Å². The van der Waals surface area contributed by atoms with Crippen molar-refractivity contribution in [3.8, 4) is 0 Å². The number of thiazole rings is 1. The van der Waals surface area contributed by atoms with Crippen LogP contribution in [-0.2, 0) is 18.5 Å². The van der Waals surface area contributed by atoms with Gasteiger partial charge in [-0.15, -0.1) is 35.3 Å². The molecular formula is C16H25IN4S2. The first-order valence-corrected chi connectivity index (χ1v) is 9.29. The van der Waals surface area contributed by atoms with Gasteiger partial charge < -0.3 is 10.6 Å². The van der Waals surface area contributed by atoms with E-state index in [0.29, 0.717) is 13.1 Å². The highest BCUT2D eigenvalue weighted by molar-refractivity contribution is 14.0. The molecule has 0 unspecified atom stereocenters. The van der Waals surface area contributed by atoms with Gasteiger partial charge in [0.15, 0.2) is 5.96 Å². The van der Waals surface area contributed by atoms with Crippen molar-refractivity contribution in [3.05, 3.63) is 38.5 Å². The third kappa shape index (κ3) is 6.76. The molecule has 2 heterocycles. The summed E-state index contributed by atoms with van der Waals surface area (Å²) in [5.74, 6) is 0.834. The molecule has 0 amide bonds. The third-order valence-corrected chi connectivity index (χ3v) is 4.65. The van der Waals surface area contributed by atoms with Crippen LogP contribution in [0.5, 0.6) is 0 Å². The Balaban J connectivity index is 0.00000264. The Morgan fingerprint density at radius 1 is 1.26 bits per heavy atom. The lowest BCUT2D eigenvalue weighted by molar-refractivity contribution is 0.570. The normalized spacial score (nSPS) is 11.9. The zero-order chi connectivity index (χ0) is 16.0. The summed E-state index contributed by atoms with van der Waals surface area (Å²) in [4.78, 5) is 9.30. The van der Waals surface area contributed by atoms with Crippen molar-refractivity contribution >= 4 is 52.6 Å². The highest BCUT2D eigenvalue weighted by Gasteiger charge is 2.17. The van der Waals surface area contributed by atoms with Crippen LogP contribution in [-0.4, -0.2) is 17.5 Å². The Hall–Kier alpha value is -0.670. The van der Waals surface area contributed by atoms with Crippen molar-refractivity contribution in [3.63, 3.8) is 0 Å². The number of hydrogen-bond donors (Lipinski definition) is 2. The van der Waals surface area contributed by atoms with Gasteiger partial charge in [0.1, 0.15) is 5.01 Å². The quantitative estimate of drug-likeness (QED) is 0.393. The van der Waals surface area contributed by atoms with Gasteiger partial charge in [-0.1, -0.05) is 20.8 Å². The molecule has 2 rings (SSSR count). The van der Waals surface area contributed by atoms with Crippen molar-refractivity contribution in [2.75, 3.05) is 6.54 Å². The van der Waals surface area contributed by atoms with Gasteiger partial charge in [0.05, 0.1) is 18.8 Å². The molecule has 0 bridgehead atoms. The summed E-state index contributed by atoms with van der Waals surface area (Å²) in [6, 6.07) is 2.11. The highest BCUT2D eigenvalue weighted by Crippen LogP contribution is 2.23. The first-order chi connectivity index (χ1) is 10.5. The summed E-state index contributed by atoms with van der Waals surface area (Å²) >= 11 is 3.40. The molecule has 0 spiro atoms. The Kier molecular flexibility index (Phi) is 8.49. The lowest BCUT2D eigenvalue weighted by Gasteiger charge is -2.14. The molecule has 128 valence electrons. The maximum Gasteiger partial charge on any atom is 0.191 e. The fourth-order valence-corrected chi connectivity index (χ4v) is 3.41. The minimum absolute atomic E-state index is 0. The number of hydrogen-bond acceptors (Lipinski definition) is 4. The SMILES string of the molecule is CCNC(=NCc1ccsc1)NCc1nc(C(C)(C)C)cs1.I. The van der Waals surface area contributed by atoms with Crippen molar-refractivity contribution in [2.45, 2.75) is 46.2 Å². The van der Waals surface area contributed by atoms with Crippen LogP contribution in [0.1, 0.15) is 44.0 Å². The Morgan fingerprint density at radius 3 is 2.61 bits per heavy atom. The fourth-order valence-electron chi connectivity index (χ4n) is 1.79. The molecule has 2 aromatic rings. The molecule has 0 saturated carbocycles. The minimum atomic E-state index is 0. The van der Waals surface area contributed by atoms with Gasteiger partial charge in [-0.05, 0) is 29.3 Å². The van der Waals surface area contributed by atoms with E-state index in [1.165, 1.54) is 5.56 Å². The number of nitrogens with one attached hydrogen (secondary N) is 2. The van der Waals surface area contributed by atoms with Crippen molar-refractivity contribution < 1.29 is 0 Å². The summed E-state index contributed by atoms with van der Waals surface area (Å²) in [7, 11) is 0. The van der Waals surface area contributed by atoms with E-state index in [0.717, 1.165) is 23.2 Å². The van der Waals surface area contributed by atoms with E-state index in [1.807, 2.05) is 0 Å². The van der Waals surface area contributed by atoms with E-state index in [2.05, 4.69) is 65.5 Å². The summed E-state index contributed by atoms with van der Waals surface area (Å²) in [6.07, 6.45) is 0. The molecule has 0 radical (unpaired) electrons. The van der Waals surface area contributed by atoms with Crippen molar-refractivity contribution in [1.29, 1.82) is 0 Å². The largest absolute Gasteiger partial charge is 0.357 e. The van der Waals surface area contributed by atoms with E-state index >= 15 is 0 Å². The maximum atomic E-state index is 4.70. The van der Waals surface area contributed by atoms with Gasteiger partial charge in [-0.3, -0.25) is 0 Å². The molecule has 0 aliphatic carbocycles. The van der Waals surface area contributed by atoms with Crippen LogP contribution in [0, 0.1) is 0 Å². The number of nitrogens with zero attached hydrogens (tertiary/aromatic N) is 2. The second-order valence-corrected chi connectivity index (χ2v) is 7.78. The second kappa shape index (κ2) is 9.58. The van der Waals surface area contributed by atoms with Crippen molar-refractivity contribution in [2.24, 2.45) is 4.99 Å². The Bertz CT molecular complexity index is 600. The number of guanidine groups is 1. The molecule has 4 nitrogen and oxygen atoms in total. The average Bonchev–Trinajstić information content (AvgIpc) is 3.12. The number of halogens is 1. The molecule has 2 aromatic heterocycles. The fraction of sp³-hybridized carbons (Fsp3) is 0.500. The summed E-state index contributed by atoms with van der Waals surface area (Å²) in [6.45, 7) is 10.9. The highest BCUT2D eigenvalue weighted by atomic mass is 127. The van der Waals surface area contributed by atoms with Crippen LogP contribution >= 0.6 is 46.7 Å². The van der Waals surface area contributed by atoms with Crippen molar-refractivity contribution in [1.82, 2.24) is 15.6 Å². The second-order valence-electron chi connectivity index (χ2n) is 6.06. The first kappa shape index (κ1) is 20.4. The molecule has 7 heteroatoms. The third-order valence-electron chi connectivity index (χ3n) is 3.07. The Morgan fingerprint density at radius 2 is 2.04 bits per heavy atom. The van der Waals surface area contributed by atoms with Gasteiger partial charge in [0, 0.05) is 17.3 Å². The first-order valence-electron chi connectivity index (χ1n) is 7.47. The van der Waals surface area contributed by atoms with E-state index in [4.69, 9.17) is 4.98 Å². The average molecular weight is 464 g/mol. The monoisotopic (exact) mass is 464 g/mol. The smallest absolute Gasteiger partial charge is 0.191 e. The van der Waals surface area contributed by atoms with Gasteiger partial charge in [-0.25, -0.2) is 9.98 Å². The van der Waals surface area contributed by atoms with Crippen LogP contribution in [0.25, 0.3) is 0 Å². The maximum absolute atomic E-state index is 4.70. The molecule has 0 saturated heterocycles. The summed E-state index contributed by atoms with van der Waals surface area (Å²) in [5, 5.41) is 14.1. The summed E-state index contributed by atoms with van der Waals surface area (Å²) < 4.78 is 0. The topological polar surface area (TPSA) is 49.3 Å². The molecule has 2 N–H and O–H groups in total. The standard InChI is InChI=1S/C16H24N4S2.HI/c1-5-17-15(18-8-12-6-7-21-10-12)19-9-14-20-13(11-22-14)16(2,3)4;/h6-7,10-11H,5,8-9H2,1-4H3,(H2,17,18,19);1H. The molecule has 23 heavy (non-hydrogen) atoms. The minimum Gasteiger partial charge on any atom is -0.357 e. The number of thiophene rings is 1. The number of aliphatic imine (C=N–C) groups is 1. The molecule has 0 aliphatic rings. The lowest BCUT2D eigenvalue weighted by atomic mass is 9.93. The van der Waals surface area contributed by atoms with Crippen LogP contribution in [0.3, 0.4) is 0 Å².